The number of anilines is 1. The van der Waals surface area contributed by atoms with Crippen molar-refractivity contribution in [3.63, 3.8) is 0 Å². The average molecular weight is 234 g/mol. The first-order chi connectivity index (χ1) is 8.22. The second-order valence-electron chi connectivity index (χ2n) is 5.12. The Hall–Kier alpha value is -1.36. The fraction of sp³-hybridized carbons (Fsp3) is 0.667. The molecule has 2 fully saturated rings. The average Bonchev–Trinajstić information content (AvgIpc) is 3.12. The van der Waals surface area contributed by atoms with Gasteiger partial charge in [0.15, 0.2) is 0 Å². The van der Waals surface area contributed by atoms with Gasteiger partial charge >= 0.3 is 0 Å². The van der Waals surface area contributed by atoms with E-state index in [1.54, 1.807) is 6.07 Å². The van der Waals surface area contributed by atoms with Crippen LogP contribution in [0.15, 0.2) is 10.9 Å². The summed E-state index contributed by atoms with van der Waals surface area (Å²) in [5.74, 6) is 1.21. The normalized spacial score (nSPS) is 25.0. The third-order valence-electron chi connectivity index (χ3n) is 3.50. The van der Waals surface area contributed by atoms with Gasteiger partial charge in [0.25, 0.3) is 5.56 Å². The topological polar surface area (TPSA) is 75.0 Å². The number of nitrogens with one attached hydrogen (secondary N) is 1. The van der Waals surface area contributed by atoms with Crippen LogP contribution in [-0.2, 0) is 0 Å². The maximum atomic E-state index is 11.6. The maximum Gasteiger partial charge on any atom is 0.252 e. The van der Waals surface area contributed by atoms with E-state index in [0.717, 1.165) is 44.5 Å². The van der Waals surface area contributed by atoms with Gasteiger partial charge in [0.2, 0.25) is 5.95 Å². The van der Waals surface area contributed by atoms with Crippen LogP contribution in [0, 0.1) is 0 Å². The van der Waals surface area contributed by atoms with Gasteiger partial charge in [-0.1, -0.05) is 0 Å². The van der Waals surface area contributed by atoms with Crippen molar-refractivity contribution in [2.45, 2.75) is 37.6 Å². The highest BCUT2D eigenvalue weighted by molar-refractivity contribution is 5.33. The zero-order chi connectivity index (χ0) is 11.8. The summed E-state index contributed by atoms with van der Waals surface area (Å²) >= 11 is 0. The zero-order valence-corrected chi connectivity index (χ0v) is 9.85. The molecule has 1 atom stereocenters. The van der Waals surface area contributed by atoms with Crippen LogP contribution < -0.4 is 16.2 Å². The minimum atomic E-state index is -0.0453. The first-order valence-corrected chi connectivity index (χ1v) is 6.34. The van der Waals surface area contributed by atoms with Crippen LogP contribution in [0.3, 0.4) is 0 Å². The Balaban J connectivity index is 1.88. The van der Waals surface area contributed by atoms with E-state index >= 15 is 0 Å². The Morgan fingerprint density at radius 3 is 2.94 bits per heavy atom. The van der Waals surface area contributed by atoms with Crippen molar-refractivity contribution in [1.29, 1.82) is 0 Å². The van der Waals surface area contributed by atoms with E-state index in [-0.39, 0.29) is 11.6 Å². The van der Waals surface area contributed by atoms with Gasteiger partial charge in [-0.15, -0.1) is 0 Å². The summed E-state index contributed by atoms with van der Waals surface area (Å²) in [5.41, 5.74) is 6.85. The first kappa shape index (κ1) is 10.8. The molecule has 0 unspecified atom stereocenters. The Labute approximate surface area is 100 Å². The number of hydrogen-bond acceptors (Lipinski definition) is 4. The molecule has 1 aromatic heterocycles. The SMILES string of the molecule is N[C@@H]1CCCN(c2nc(C3CC3)cc(=O)[nH]2)C1. The van der Waals surface area contributed by atoms with Crippen molar-refractivity contribution in [2.24, 2.45) is 5.73 Å². The fourth-order valence-electron chi connectivity index (χ4n) is 2.40. The predicted octanol–water partition coefficient (Wildman–Crippen LogP) is 0.575. The van der Waals surface area contributed by atoms with Crippen molar-refractivity contribution >= 4 is 5.95 Å². The Bertz CT molecular complexity index is 466. The van der Waals surface area contributed by atoms with Crippen LogP contribution >= 0.6 is 0 Å². The molecule has 2 heterocycles. The number of H-pyrrole nitrogens is 1. The summed E-state index contributed by atoms with van der Waals surface area (Å²) in [4.78, 5) is 21.1. The monoisotopic (exact) mass is 234 g/mol. The highest BCUT2D eigenvalue weighted by atomic mass is 16.1. The van der Waals surface area contributed by atoms with Crippen molar-refractivity contribution in [3.05, 3.63) is 22.1 Å². The molecule has 1 saturated heterocycles. The minimum absolute atomic E-state index is 0.0453. The molecule has 3 rings (SSSR count). The lowest BCUT2D eigenvalue weighted by molar-refractivity contribution is 0.499. The van der Waals surface area contributed by atoms with Gasteiger partial charge < -0.3 is 10.6 Å². The molecule has 1 aliphatic heterocycles. The molecule has 1 saturated carbocycles. The zero-order valence-electron chi connectivity index (χ0n) is 9.85. The maximum absolute atomic E-state index is 11.6. The van der Waals surface area contributed by atoms with Gasteiger partial charge in [-0.25, -0.2) is 4.98 Å². The van der Waals surface area contributed by atoms with Crippen LogP contribution in [-0.4, -0.2) is 29.1 Å². The second kappa shape index (κ2) is 4.14. The van der Waals surface area contributed by atoms with Gasteiger partial charge in [0, 0.05) is 31.1 Å². The molecule has 3 N–H and O–H groups in total. The quantitative estimate of drug-likeness (QED) is 0.784. The summed E-state index contributed by atoms with van der Waals surface area (Å²) in [6, 6.07) is 1.82. The molecule has 17 heavy (non-hydrogen) atoms. The van der Waals surface area contributed by atoms with Crippen LogP contribution in [0.2, 0.25) is 0 Å². The standard InChI is InChI=1S/C12H18N4O/c13-9-2-1-5-16(7-9)12-14-10(8-3-4-8)6-11(17)15-12/h6,8-9H,1-5,7,13H2,(H,14,15,17)/t9-/m1/s1. The van der Waals surface area contributed by atoms with E-state index in [2.05, 4.69) is 14.9 Å². The fourth-order valence-corrected chi connectivity index (χ4v) is 2.40. The van der Waals surface area contributed by atoms with Crippen molar-refractivity contribution in [2.75, 3.05) is 18.0 Å². The molecule has 1 aromatic rings. The molecule has 0 aromatic carbocycles. The highest BCUT2D eigenvalue weighted by Gasteiger charge is 2.27. The van der Waals surface area contributed by atoms with E-state index in [1.807, 2.05) is 0 Å². The molecule has 0 amide bonds. The molecule has 0 bridgehead atoms. The van der Waals surface area contributed by atoms with Gasteiger partial charge in [0.05, 0.1) is 5.69 Å². The lowest BCUT2D eigenvalue weighted by Crippen LogP contribution is -2.44. The second-order valence-corrected chi connectivity index (χ2v) is 5.12. The summed E-state index contributed by atoms with van der Waals surface area (Å²) in [7, 11) is 0. The Kier molecular flexibility index (Phi) is 2.63. The number of rotatable bonds is 2. The van der Waals surface area contributed by atoms with E-state index in [0.29, 0.717) is 11.9 Å². The Morgan fingerprint density at radius 2 is 2.24 bits per heavy atom. The largest absolute Gasteiger partial charge is 0.341 e. The van der Waals surface area contributed by atoms with Crippen LogP contribution in [0.4, 0.5) is 5.95 Å². The van der Waals surface area contributed by atoms with E-state index in [1.165, 1.54) is 0 Å². The van der Waals surface area contributed by atoms with E-state index < -0.39 is 0 Å². The molecule has 1 aliphatic carbocycles. The summed E-state index contributed by atoms with van der Waals surface area (Å²) in [5, 5.41) is 0. The number of nitrogens with zero attached hydrogens (tertiary/aromatic N) is 2. The first-order valence-electron chi connectivity index (χ1n) is 6.34. The van der Waals surface area contributed by atoms with Gasteiger partial charge in [0.1, 0.15) is 0 Å². The minimum Gasteiger partial charge on any atom is -0.341 e. The molecule has 0 radical (unpaired) electrons. The van der Waals surface area contributed by atoms with Gasteiger partial charge in [-0.05, 0) is 25.7 Å². The van der Waals surface area contributed by atoms with Crippen molar-refractivity contribution < 1.29 is 0 Å². The summed E-state index contributed by atoms with van der Waals surface area (Å²) in [6.45, 7) is 1.72. The molecule has 2 aliphatic rings. The van der Waals surface area contributed by atoms with Crippen LogP contribution in [0.1, 0.15) is 37.3 Å². The third kappa shape index (κ3) is 2.34. The summed E-state index contributed by atoms with van der Waals surface area (Å²) < 4.78 is 0. The lowest BCUT2D eigenvalue weighted by atomic mass is 10.1. The molecule has 0 spiro atoms. The number of aromatic nitrogens is 2. The number of nitrogens with two attached hydrogens (primary N) is 1. The van der Waals surface area contributed by atoms with E-state index in [9.17, 15) is 4.79 Å². The Morgan fingerprint density at radius 1 is 1.41 bits per heavy atom. The van der Waals surface area contributed by atoms with E-state index in [4.69, 9.17) is 5.73 Å². The summed E-state index contributed by atoms with van der Waals surface area (Å²) in [6.07, 6.45) is 4.45. The van der Waals surface area contributed by atoms with Crippen molar-refractivity contribution in [1.82, 2.24) is 9.97 Å². The molecular weight excluding hydrogens is 216 g/mol. The molecular formula is C12H18N4O. The van der Waals surface area contributed by atoms with Gasteiger partial charge in [-0.2, -0.15) is 0 Å². The lowest BCUT2D eigenvalue weighted by Gasteiger charge is -2.31. The number of piperidine rings is 1. The smallest absolute Gasteiger partial charge is 0.252 e. The predicted molar refractivity (Wildman–Crippen MR) is 66.3 cm³/mol. The van der Waals surface area contributed by atoms with Crippen molar-refractivity contribution in [3.8, 4) is 0 Å². The van der Waals surface area contributed by atoms with Gasteiger partial charge in [-0.3, -0.25) is 9.78 Å². The third-order valence-corrected chi connectivity index (χ3v) is 3.50. The number of hydrogen-bond donors (Lipinski definition) is 2. The highest BCUT2D eigenvalue weighted by Crippen LogP contribution is 2.38. The molecule has 92 valence electrons. The molecule has 5 heteroatoms. The number of aromatic amines is 1. The molecule has 5 nitrogen and oxygen atoms in total. The van der Waals surface area contributed by atoms with Crippen LogP contribution in [0.5, 0.6) is 0 Å². The van der Waals surface area contributed by atoms with Crippen LogP contribution in [0.25, 0.3) is 0 Å².